The molecule has 0 saturated carbocycles. The minimum absolute atomic E-state index is 0.0469. The van der Waals surface area contributed by atoms with E-state index in [9.17, 15) is 19.7 Å². The van der Waals surface area contributed by atoms with Gasteiger partial charge in [0.25, 0.3) is 5.69 Å². The summed E-state index contributed by atoms with van der Waals surface area (Å²) in [5.41, 5.74) is 0.811. The van der Waals surface area contributed by atoms with Gasteiger partial charge in [0, 0.05) is 18.7 Å². The van der Waals surface area contributed by atoms with Crippen LogP contribution in [0.15, 0.2) is 48.5 Å². The van der Waals surface area contributed by atoms with Gasteiger partial charge in [0.2, 0.25) is 11.8 Å². The number of nitro benzene ring substituents is 1. The average molecular weight is 419 g/mol. The van der Waals surface area contributed by atoms with Gasteiger partial charge in [-0.1, -0.05) is 48.9 Å². The van der Waals surface area contributed by atoms with E-state index in [0.717, 1.165) is 0 Å². The Morgan fingerprint density at radius 2 is 1.86 bits per heavy atom. The molecule has 0 aliphatic rings. The Morgan fingerprint density at radius 1 is 1.17 bits per heavy atom. The quantitative estimate of drug-likeness (QED) is 0.479. The molecule has 0 aliphatic carbocycles. The van der Waals surface area contributed by atoms with Gasteiger partial charge in [0.1, 0.15) is 6.04 Å². The molecule has 2 rings (SSSR count). The lowest BCUT2D eigenvalue weighted by atomic mass is 10.0. The number of nitro groups is 1. The number of halogens is 1. The zero-order chi connectivity index (χ0) is 21.4. The number of non-ortho nitro benzene ring substituents is 1. The van der Waals surface area contributed by atoms with Crippen LogP contribution in [0.25, 0.3) is 0 Å². The molecule has 1 atom stereocenters. The summed E-state index contributed by atoms with van der Waals surface area (Å²) in [6, 6.07) is 12.2. The van der Waals surface area contributed by atoms with Crippen LogP contribution in [-0.4, -0.2) is 41.3 Å². The average Bonchev–Trinajstić information content (AvgIpc) is 2.69. The standard InChI is InChI=1S/C20H23ClN4O4/c1-3-22-18(26)13-24(4-2)19(14-8-6-5-7-9-14)20(27)23-17-11-10-15(25(28)29)12-16(17)21/h5-12,19H,3-4,13H2,1-2H3,(H,22,26)(H,23,27)/t19-/m0/s1. The molecule has 0 spiro atoms. The third-order valence-electron chi connectivity index (χ3n) is 4.28. The normalized spacial score (nSPS) is 11.7. The third kappa shape index (κ3) is 6.00. The first-order chi connectivity index (χ1) is 13.9. The summed E-state index contributed by atoms with van der Waals surface area (Å²) in [5.74, 6) is -0.574. The van der Waals surface area contributed by atoms with E-state index >= 15 is 0 Å². The van der Waals surface area contributed by atoms with Crippen LogP contribution in [0.3, 0.4) is 0 Å². The summed E-state index contributed by atoms with van der Waals surface area (Å²) in [6.45, 7) is 4.69. The number of carbonyl (C=O) groups excluding carboxylic acids is 2. The Bertz CT molecular complexity index is 876. The van der Waals surface area contributed by atoms with Gasteiger partial charge in [-0.15, -0.1) is 0 Å². The third-order valence-corrected chi connectivity index (χ3v) is 4.59. The predicted molar refractivity (Wildman–Crippen MR) is 112 cm³/mol. The van der Waals surface area contributed by atoms with Crippen molar-refractivity contribution in [3.63, 3.8) is 0 Å². The molecule has 2 aromatic carbocycles. The lowest BCUT2D eigenvalue weighted by Gasteiger charge is -2.29. The number of likely N-dealkylation sites (N-methyl/N-ethyl adjacent to an activating group) is 2. The second kappa shape index (κ2) is 10.5. The fourth-order valence-corrected chi connectivity index (χ4v) is 3.13. The maximum Gasteiger partial charge on any atom is 0.271 e. The molecule has 0 aliphatic heterocycles. The van der Waals surface area contributed by atoms with Gasteiger partial charge in [-0.25, -0.2) is 0 Å². The van der Waals surface area contributed by atoms with Crippen molar-refractivity contribution < 1.29 is 14.5 Å². The smallest absolute Gasteiger partial charge is 0.271 e. The summed E-state index contributed by atoms with van der Waals surface area (Å²) in [4.78, 5) is 37.3. The maximum absolute atomic E-state index is 13.1. The number of anilines is 1. The molecule has 9 heteroatoms. The van der Waals surface area contributed by atoms with Crippen molar-refractivity contribution in [2.24, 2.45) is 0 Å². The van der Waals surface area contributed by atoms with Crippen molar-refractivity contribution in [2.45, 2.75) is 19.9 Å². The number of hydrogen-bond donors (Lipinski definition) is 2. The first kappa shape index (κ1) is 22.3. The molecule has 0 fully saturated rings. The number of nitrogens with zero attached hydrogens (tertiary/aromatic N) is 2. The van der Waals surface area contributed by atoms with Crippen LogP contribution in [0.4, 0.5) is 11.4 Å². The maximum atomic E-state index is 13.1. The predicted octanol–water partition coefficient (Wildman–Crippen LogP) is 3.39. The van der Waals surface area contributed by atoms with Gasteiger partial charge >= 0.3 is 0 Å². The molecule has 2 aromatic rings. The van der Waals surface area contributed by atoms with Crippen molar-refractivity contribution in [1.29, 1.82) is 0 Å². The van der Waals surface area contributed by atoms with Crippen LogP contribution in [-0.2, 0) is 9.59 Å². The molecule has 2 N–H and O–H groups in total. The first-order valence-electron chi connectivity index (χ1n) is 9.17. The molecule has 154 valence electrons. The highest BCUT2D eigenvalue weighted by atomic mass is 35.5. The Hall–Kier alpha value is -2.97. The van der Waals surface area contributed by atoms with Gasteiger partial charge < -0.3 is 10.6 Å². The topological polar surface area (TPSA) is 105 Å². The van der Waals surface area contributed by atoms with Gasteiger partial charge in [-0.2, -0.15) is 0 Å². The number of nitrogens with one attached hydrogen (secondary N) is 2. The summed E-state index contributed by atoms with van der Waals surface area (Å²) >= 11 is 6.11. The molecule has 0 radical (unpaired) electrons. The second-order valence-corrected chi connectivity index (χ2v) is 6.65. The van der Waals surface area contributed by atoms with Crippen LogP contribution >= 0.6 is 11.6 Å². The molecule has 0 aromatic heterocycles. The number of hydrogen-bond acceptors (Lipinski definition) is 5. The summed E-state index contributed by atoms with van der Waals surface area (Å²) in [5, 5.41) is 16.4. The van der Waals surface area contributed by atoms with Crippen molar-refractivity contribution >= 4 is 34.8 Å². The van der Waals surface area contributed by atoms with Crippen LogP contribution in [0.1, 0.15) is 25.5 Å². The molecule has 8 nitrogen and oxygen atoms in total. The van der Waals surface area contributed by atoms with Crippen molar-refractivity contribution in [3.05, 3.63) is 69.2 Å². The van der Waals surface area contributed by atoms with Crippen LogP contribution < -0.4 is 10.6 Å². The van der Waals surface area contributed by atoms with E-state index in [1.807, 2.05) is 44.2 Å². The highest BCUT2D eigenvalue weighted by Crippen LogP contribution is 2.29. The summed E-state index contributed by atoms with van der Waals surface area (Å²) in [6.07, 6.45) is 0. The highest BCUT2D eigenvalue weighted by Gasteiger charge is 2.28. The molecule has 0 heterocycles. The molecule has 0 bridgehead atoms. The van der Waals surface area contributed by atoms with E-state index in [0.29, 0.717) is 18.7 Å². The molecule has 2 amide bonds. The van der Waals surface area contributed by atoms with Crippen LogP contribution in [0.5, 0.6) is 0 Å². The molecule has 0 unspecified atom stereocenters. The fraction of sp³-hybridized carbons (Fsp3) is 0.300. The van der Waals surface area contributed by atoms with E-state index in [-0.39, 0.29) is 28.8 Å². The van der Waals surface area contributed by atoms with Crippen LogP contribution in [0, 0.1) is 10.1 Å². The second-order valence-electron chi connectivity index (χ2n) is 6.24. The van der Waals surface area contributed by atoms with Gasteiger partial charge in [0.05, 0.1) is 22.2 Å². The fourth-order valence-electron chi connectivity index (χ4n) is 2.91. The number of rotatable bonds is 9. The first-order valence-corrected chi connectivity index (χ1v) is 9.55. The summed E-state index contributed by atoms with van der Waals surface area (Å²) in [7, 11) is 0. The monoisotopic (exact) mass is 418 g/mol. The van der Waals surface area contributed by atoms with E-state index in [1.165, 1.54) is 18.2 Å². The zero-order valence-corrected chi connectivity index (χ0v) is 17.0. The minimum atomic E-state index is -0.741. The zero-order valence-electron chi connectivity index (χ0n) is 16.2. The molecular formula is C20H23ClN4O4. The molecule has 29 heavy (non-hydrogen) atoms. The van der Waals surface area contributed by atoms with E-state index < -0.39 is 16.9 Å². The SMILES string of the molecule is CCNC(=O)CN(CC)[C@H](C(=O)Nc1ccc([N+](=O)[O-])cc1Cl)c1ccccc1. The van der Waals surface area contributed by atoms with Gasteiger partial charge in [-0.3, -0.25) is 24.6 Å². The lowest BCUT2D eigenvalue weighted by molar-refractivity contribution is -0.384. The van der Waals surface area contributed by atoms with Crippen LogP contribution in [0.2, 0.25) is 5.02 Å². The van der Waals surface area contributed by atoms with Crippen molar-refractivity contribution in [3.8, 4) is 0 Å². The number of carbonyl (C=O) groups is 2. The molecular weight excluding hydrogens is 396 g/mol. The van der Waals surface area contributed by atoms with E-state index in [4.69, 9.17) is 11.6 Å². The number of benzene rings is 2. The van der Waals surface area contributed by atoms with Gasteiger partial charge in [-0.05, 0) is 25.1 Å². The lowest BCUT2D eigenvalue weighted by Crippen LogP contribution is -2.43. The van der Waals surface area contributed by atoms with Crippen molar-refractivity contribution in [2.75, 3.05) is 25.0 Å². The minimum Gasteiger partial charge on any atom is -0.355 e. The van der Waals surface area contributed by atoms with Crippen molar-refractivity contribution in [1.82, 2.24) is 10.2 Å². The summed E-state index contributed by atoms with van der Waals surface area (Å²) < 4.78 is 0. The van der Waals surface area contributed by atoms with E-state index in [1.54, 1.807) is 4.90 Å². The Kier molecular flexibility index (Phi) is 8.11. The number of amides is 2. The highest BCUT2D eigenvalue weighted by molar-refractivity contribution is 6.34. The largest absolute Gasteiger partial charge is 0.355 e. The van der Waals surface area contributed by atoms with Gasteiger partial charge in [0.15, 0.2) is 0 Å². The van der Waals surface area contributed by atoms with E-state index in [2.05, 4.69) is 10.6 Å². The Balaban J connectivity index is 2.32. The Morgan fingerprint density at radius 3 is 2.41 bits per heavy atom. The Labute approximate surface area is 174 Å². The molecule has 0 saturated heterocycles.